The van der Waals surface area contributed by atoms with Crippen molar-refractivity contribution in [1.82, 2.24) is 14.7 Å². The minimum Gasteiger partial charge on any atom is -0.335 e. The fourth-order valence-corrected chi connectivity index (χ4v) is 2.62. The molecule has 7 heteroatoms. The Morgan fingerprint density at radius 1 is 1.45 bits per heavy atom. The highest BCUT2D eigenvalue weighted by atomic mass is 32.1. The molecule has 0 atom stereocenters. The van der Waals surface area contributed by atoms with Crippen molar-refractivity contribution in [3.8, 4) is 0 Å². The summed E-state index contributed by atoms with van der Waals surface area (Å²) in [6.07, 6.45) is 0. The average molecular weight is 320 g/mol. The van der Waals surface area contributed by atoms with Gasteiger partial charge in [-0.2, -0.15) is 5.10 Å². The van der Waals surface area contributed by atoms with Crippen LogP contribution in [0.1, 0.15) is 29.2 Å². The van der Waals surface area contributed by atoms with Gasteiger partial charge in [0.15, 0.2) is 5.69 Å². The molecular weight excluding hydrogens is 300 g/mol. The number of carbonyl (C=O) groups excluding carboxylic acids is 2. The van der Waals surface area contributed by atoms with Crippen LogP contribution in [0.5, 0.6) is 0 Å². The van der Waals surface area contributed by atoms with E-state index in [9.17, 15) is 9.59 Å². The first kappa shape index (κ1) is 16.2. The number of nitrogens with one attached hydrogen (secondary N) is 1. The first-order valence-electron chi connectivity index (χ1n) is 7.01. The maximum atomic E-state index is 12.4. The summed E-state index contributed by atoms with van der Waals surface area (Å²) in [5, 5.41) is 8.93. The van der Waals surface area contributed by atoms with E-state index in [0.29, 0.717) is 18.1 Å². The van der Waals surface area contributed by atoms with Gasteiger partial charge in [0.05, 0.1) is 6.54 Å². The highest BCUT2D eigenvalue weighted by molar-refractivity contribution is 7.09. The number of hydrogen-bond acceptors (Lipinski definition) is 4. The van der Waals surface area contributed by atoms with Gasteiger partial charge in [-0.1, -0.05) is 19.9 Å². The molecule has 1 N–H and O–H groups in total. The molecule has 0 saturated carbocycles. The van der Waals surface area contributed by atoms with E-state index in [2.05, 4.69) is 10.4 Å². The molecule has 0 aliphatic carbocycles. The fraction of sp³-hybridized carbons (Fsp3) is 0.400. The molecule has 6 nitrogen and oxygen atoms in total. The zero-order chi connectivity index (χ0) is 16.3. The van der Waals surface area contributed by atoms with Crippen LogP contribution in [-0.4, -0.2) is 33.5 Å². The van der Waals surface area contributed by atoms with Crippen LogP contribution >= 0.6 is 11.3 Å². The second-order valence-corrected chi connectivity index (χ2v) is 6.46. The van der Waals surface area contributed by atoms with Gasteiger partial charge in [-0.05, 0) is 11.4 Å². The number of aryl methyl sites for hydroxylation is 1. The number of aromatic nitrogens is 2. The van der Waals surface area contributed by atoms with Gasteiger partial charge in [0, 0.05) is 31.0 Å². The molecule has 0 aliphatic rings. The van der Waals surface area contributed by atoms with Crippen LogP contribution in [0.2, 0.25) is 0 Å². The molecule has 0 unspecified atom stereocenters. The number of rotatable bonds is 5. The minimum absolute atomic E-state index is 0.103. The smallest absolute Gasteiger partial charge is 0.274 e. The average Bonchev–Trinajstić information content (AvgIpc) is 3.08. The SMILES string of the molecule is CC(C)C(=O)Nc1cc(C(=O)N(C)Cc2cccs2)nn1C. The summed E-state index contributed by atoms with van der Waals surface area (Å²) in [5.74, 6) is 0.116. The van der Waals surface area contributed by atoms with Crippen molar-refractivity contribution in [1.29, 1.82) is 0 Å². The summed E-state index contributed by atoms with van der Waals surface area (Å²) < 4.78 is 1.51. The molecule has 2 aromatic heterocycles. The van der Waals surface area contributed by atoms with E-state index in [4.69, 9.17) is 0 Å². The van der Waals surface area contributed by atoms with Crippen LogP contribution in [0.15, 0.2) is 23.6 Å². The Morgan fingerprint density at radius 2 is 2.18 bits per heavy atom. The highest BCUT2D eigenvalue weighted by Crippen LogP contribution is 2.15. The topological polar surface area (TPSA) is 67.2 Å². The number of thiophene rings is 1. The summed E-state index contributed by atoms with van der Waals surface area (Å²) >= 11 is 1.61. The summed E-state index contributed by atoms with van der Waals surface area (Å²) in [7, 11) is 3.44. The van der Waals surface area contributed by atoms with Gasteiger partial charge in [0.2, 0.25) is 5.91 Å². The van der Waals surface area contributed by atoms with Crippen molar-refractivity contribution >= 4 is 29.0 Å². The molecule has 0 spiro atoms. The van der Waals surface area contributed by atoms with Crippen molar-refractivity contribution in [2.75, 3.05) is 12.4 Å². The van der Waals surface area contributed by atoms with E-state index in [1.807, 2.05) is 31.4 Å². The molecule has 2 rings (SSSR count). The summed E-state index contributed by atoms with van der Waals surface area (Å²) in [6, 6.07) is 5.55. The zero-order valence-corrected chi connectivity index (χ0v) is 14.0. The van der Waals surface area contributed by atoms with Gasteiger partial charge in [-0.15, -0.1) is 11.3 Å². The molecule has 118 valence electrons. The first-order valence-corrected chi connectivity index (χ1v) is 7.89. The monoisotopic (exact) mass is 320 g/mol. The number of anilines is 1. The molecule has 2 heterocycles. The lowest BCUT2D eigenvalue weighted by molar-refractivity contribution is -0.118. The van der Waals surface area contributed by atoms with Gasteiger partial charge in [-0.3, -0.25) is 14.3 Å². The molecule has 0 fully saturated rings. The van der Waals surface area contributed by atoms with Crippen LogP contribution in [0.25, 0.3) is 0 Å². The Hall–Kier alpha value is -2.15. The maximum absolute atomic E-state index is 12.4. The highest BCUT2D eigenvalue weighted by Gasteiger charge is 2.19. The van der Waals surface area contributed by atoms with Gasteiger partial charge in [0.1, 0.15) is 5.82 Å². The lowest BCUT2D eigenvalue weighted by atomic mass is 10.2. The fourth-order valence-electron chi connectivity index (χ4n) is 1.86. The van der Waals surface area contributed by atoms with E-state index in [1.165, 1.54) is 4.68 Å². The van der Waals surface area contributed by atoms with E-state index in [-0.39, 0.29) is 17.7 Å². The molecular formula is C15H20N4O2S. The van der Waals surface area contributed by atoms with Crippen molar-refractivity contribution in [3.63, 3.8) is 0 Å². The van der Waals surface area contributed by atoms with Crippen molar-refractivity contribution in [3.05, 3.63) is 34.2 Å². The quantitative estimate of drug-likeness (QED) is 0.919. The molecule has 22 heavy (non-hydrogen) atoms. The summed E-state index contributed by atoms with van der Waals surface area (Å²) in [5.41, 5.74) is 0.320. The second kappa shape index (κ2) is 6.74. The van der Waals surface area contributed by atoms with Crippen LogP contribution in [0.4, 0.5) is 5.82 Å². The van der Waals surface area contributed by atoms with Crippen molar-refractivity contribution < 1.29 is 9.59 Å². The lowest BCUT2D eigenvalue weighted by Gasteiger charge is -2.14. The van der Waals surface area contributed by atoms with Crippen LogP contribution in [0, 0.1) is 5.92 Å². The number of amides is 2. The van der Waals surface area contributed by atoms with Gasteiger partial charge in [0.25, 0.3) is 5.91 Å². The number of nitrogens with zero attached hydrogens (tertiary/aromatic N) is 3. The zero-order valence-electron chi connectivity index (χ0n) is 13.2. The minimum atomic E-state index is -0.172. The number of hydrogen-bond donors (Lipinski definition) is 1. The van der Waals surface area contributed by atoms with Crippen LogP contribution in [-0.2, 0) is 18.4 Å². The van der Waals surface area contributed by atoms with E-state index in [0.717, 1.165) is 4.88 Å². The Kier molecular flexibility index (Phi) is 4.97. The predicted molar refractivity (Wildman–Crippen MR) is 86.8 cm³/mol. The van der Waals surface area contributed by atoms with Crippen LogP contribution in [0.3, 0.4) is 0 Å². The molecule has 0 bridgehead atoms. The number of carbonyl (C=O) groups is 2. The van der Waals surface area contributed by atoms with Crippen molar-refractivity contribution in [2.24, 2.45) is 13.0 Å². The van der Waals surface area contributed by atoms with Crippen molar-refractivity contribution in [2.45, 2.75) is 20.4 Å². The molecule has 0 saturated heterocycles. The third kappa shape index (κ3) is 3.73. The second-order valence-electron chi connectivity index (χ2n) is 5.42. The van der Waals surface area contributed by atoms with Gasteiger partial charge < -0.3 is 10.2 Å². The maximum Gasteiger partial charge on any atom is 0.274 e. The van der Waals surface area contributed by atoms with E-state index < -0.39 is 0 Å². The third-order valence-corrected chi connectivity index (χ3v) is 4.06. The predicted octanol–water partition coefficient (Wildman–Crippen LogP) is 2.35. The Bertz CT molecular complexity index is 661. The van der Waals surface area contributed by atoms with E-state index >= 15 is 0 Å². The molecule has 0 aliphatic heterocycles. The lowest BCUT2D eigenvalue weighted by Crippen LogP contribution is -2.26. The van der Waals surface area contributed by atoms with E-state index in [1.54, 1.807) is 36.4 Å². The third-order valence-electron chi connectivity index (χ3n) is 3.19. The first-order chi connectivity index (χ1) is 10.4. The Morgan fingerprint density at radius 3 is 2.77 bits per heavy atom. The molecule has 0 aromatic carbocycles. The molecule has 2 amide bonds. The Labute approximate surface area is 133 Å². The largest absolute Gasteiger partial charge is 0.335 e. The molecule has 2 aromatic rings. The molecule has 0 radical (unpaired) electrons. The van der Waals surface area contributed by atoms with Gasteiger partial charge >= 0.3 is 0 Å². The summed E-state index contributed by atoms with van der Waals surface area (Å²) in [4.78, 5) is 26.9. The van der Waals surface area contributed by atoms with Crippen LogP contribution < -0.4 is 5.32 Å². The normalized spacial score (nSPS) is 10.8. The van der Waals surface area contributed by atoms with Gasteiger partial charge in [-0.25, -0.2) is 0 Å². The standard InChI is InChI=1S/C15H20N4O2S/c1-10(2)14(20)16-13-8-12(17-19(13)4)15(21)18(3)9-11-6-5-7-22-11/h5-8,10H,9H2,1-4H3,(H,16,20). The Balaban J connectivity index is 2.08. The summed E-state index contributed by atoms with van der Waals surface area (Å²) in [6.45, 7) is 4.17.